The van der Waals surface area contributed by atoms with Crippen molar-refractivity contribution in [1.82, 2.24) is 4.90 Å². The average Bonchev–Trinajstić information content (AvgIpc) is 2.82. The number of carboxylic acid groups (broad SMARTS) is 1. The third-order valence-electron chi connectivity index (χ3n) is 3.32. The summed E-state index contributed by atoms with van der Waals surface area (Å²) in [4.78, 5) is 24.4. The number of carboxylic acids is 1. The fourth-order valence-electron chi connectivity index (χ4n) is 2.17. The number of nitrogens with zero attached hydrogens (tertiary/aromatic N) is 1. The molecule has 1 saturated heterocycles. The minimum absolute atomic E-state index is 0.0517. The molecule has 0 spiro atoms. The molecular weight excluding hydrogens is 250 g/mol. The molecule has 2 atom stereocenters. The standard InChI is InChI=1S/C13H23NO5/c1-3-4-5-6-19-9-12(15)14-8-10(18-2)7-11(14)13(16)17/h10-11H,3-9H2,1-2H3,(H,16,17). The SMILES string of the molecule is CCCCCOCC(=O)N1CC(OC)CC1C(=O)O. The fourth-order valence-corrected chi connectivity index (χ4v) is 2.17. The highest BCUT2D eigenvalue weighted by Gasteiger charge is 2.39. The summed E-state index contributed by atoms with van der Waals surface area (Å²) in [5.41, 5.74) is 0. The lowest BCUT2D eigenvalue weighted by molar-refractivity contribution is -0.150. The normalized spacial score (nSPS) is 22.7. The Labute approximate surface area is 113 Å². The van der Waals surface area contributed by atoms with Gasteiger partial charge in [-0.15, -0.1) is 0 Å². The van der Waals surface area contributed by atoms with Crippen LogP contribution in [0.15, 0.2) is 0 Å². The van der Waals surface area contributed by atoms with Gasteiger partial charge < -0.3 is 19.5 Å². The minimum Gasteiger partial charge on any atom is -0.480 e. The predicted octanol–water partition coefficient (Wildman–Crippen LogP) is 0.894. The van der Waals surface area contributed by atoms with Crippen molar-refractivity contribution in [2.24, 2.45) is 0 Å². The van der Waals surface area contributed by atoms with E-state index >= 15 is 0 Å². The molecule has 0 saturated carbocycles. The third kappa shape index (κ3) is 4.80. The van der Waals surface area contributed by atoms with E-state index < -0.39 is 12.0 Å². The zero-order chi connectivity index (χ0) is 14.3. The molecule has 0 bridgehead atoms. The Balaban J connectivity index is 2.39. The molecule has 1 heterocycles. The van der Waals surface area contributed by atoms with Crippen LogP contribution in [0.25, 0.3) is 0 Å². The van der Waals surface area contributed by atoms with Gasteiger partial charge in [-0.3, -0.25) is 4.79 Å². The third-order valence-corrected chi connectivity index (χ3v) is 3.32. The Bertz CT molecular complexity index is 307. The molecule has 1 aliphatic heterocycles. The second kappa shape index (κ2) is 8.12. The molecule has 1 amide bonds. The molecule has 0 aliphatic carbocycles. The Hall–Kier alpha value is -1.14. The van der Waals surface area contributed by atoms with Crippen LogP contribution in [0.2, 0.25) is 0 Å². The summed E-state index contributed by atoms with van der Waals surface area (Å²) in [7, 11) is 1.53. The Morgan fingerprint density at radius 3 is 2.68 bits per heavy atom. The highest BCUT2D eigenvalue weighted by molar-refractivity contribution is 5.85. The van der Waals surface area contributed by atoms with Gasteiger partial charge in [-0.05, 0) is 6.42 Å². The number of hydrogen-bond donors (Lipinski definition) is 1. The molecule has 0 aromatic carbocycles. The van der Waals surface area contributed by atoms with Crippen molar-refractivity contribution in [1.29, 1.82) is 0 Å². The highest BCUT2D eigenvalue weighted by atomic mass is 16.5. The first-order valence-corrected chi connectivity index (χ1v) is 6.73. The van der Waals surface area contributed by atoms with Crippen molar-refractivity contribution in [2.75, 3.05) is 26.9 Å². The minimum atomic E-state index is -0.987. The van der Waals surface area contributed by atoms with E-state index in [0.29, 0.717) is 19.6 Å². The number of rotatable bonds is 8. The van der Waals surface area contributed by atoms with Gasteiger partial charge in [0.1, 0.15) is 12.6 Å². The van der Waals surface area contributed by atoms with Crippen LogP contribution in [0, 0.1) is 0 Å². The van der Waals surface area contributed by atoms with Crippen molar-refractivity contribution < 1.29 is 24.2 Å². The summed E-state index contributed by atoms with van der Waals surface area (Å²) < 4.78 is 10.4. The van der Waals surface area contributed by atoms with E-state index in [-0.39, 0.29) is 18.6 Å². The van der Waals surface area contributed by atoms with Gasteiger partial charge in [-0.25, -0.2) is 4.79 Å². The lowest BCUT2D eigenvalue weighted by Crippen LogP contribution is -2.42. The van der Waals surface area contributed by atoms with Gasteiger partial charge in [-0.1, -0.05) is 19.8 Å². The first-order valence-electron chi connectivity index (χ1n) is 6.73. The van der Waals surface area contributed by atoms with Crippen molar-refractivity contribution in [2.45, 2.75) is 44.8 Å². The predicted molar refractivity (Wildman–Crippen MR) is 68.9 cm³/mol. The van der Waals surface area contributed by atoms with Crippen LogP contribution in [0.1, 0.15) is 32.6 Å². The number of aliphatic carboxylic acids is 1. The number of amides is 1. The summed E-state index contributed by atoms with van der Waals surface area (Å²) in [5, 5.41) is 9.10. The van der Waals surface area contributed by atoms with Gasteiger partial charge in [0.15, 0.2) is 0 Å². The molecule has 1 rings (SSSR count). The summed E-state index contributed by atoms with van der Waals surface area (Å²) in [5.74, 6) is -1.26. The molecule has 19 heavy (non-hydrogen) atoms. The maximum atomic E-state index is 11.9. The number of unbranched alkanes of at least 4 members (excludes halogenated alkanes) is 2. The maximum Gasteiger partial charge on any atom is 0.326 e. The Morgan fingerprint density at radius 2 is 2.11 bits per heavy atom. The van der Waals surface area contributed by atoms with E-state index in [1.54, 1.807) is 0 Å². The average molecular weight is 273 g/mol. The summed E-state index contributed by atoms with van der Waals surface area (Å²) in [6, 6.07) is -0.795. The lowest BCUT2D eigenvalue weighted by atomic mass is 10.2. The number of likely N-dealkylation sites (tertiary alicyclic amines) is 1. The zero-order valence-corrected chi connectivity index (χ0v) is 11.6. The molecule has 1 aliphatic rings. The van der Waals surface area contributed by atoms with Crippen molar-refractivity contribution in [3.8, 4) is 0 Å². The summed E-state index contributed by atoms with van der Waals surface area (Å²) >= 11 is 0. The molecule has 110 valence electrons. The molecule has 1 fully saturated rings. The van der Waals surface area contributed by atoms with Crippen LogP contribution in [0.3, 0.4) is 0 Å². The van der Waals surface area contributed by atoms with Crippen LogP contribution in [-0.4, -0.2) is 60.9 Å². The molecule has 2 unspecified atom stereocenters. The van der Waals surface area contributed by atoms with E-state index in [9.17, 15) is 9.59 Å². The van der Waals surface area contributed by atoms with Crippen molar-refractivity contribution in [3.63, 3.8) is 0 Å². The molecule has 6 heteroatoms. The summed E-state index contributed by atoms with van der Waals surface area (Å²) in [6.45, 7) is 2.91. The first-order chi connectivity index (χ1) is 9.10. The second-order valence-electron chi connectivity index (χ2n) is 4.75. The molecular formula is C13H23NO5. The second-order valence-corrected chi connectivity index (χ2v) is 4.75. The molecule has 0 radical (unpaired) electrons. The highest BCUT2D eigenvalue weighted by Crippen LogP contribution is 2.20. The van der Waals surface area contributed by atoms with E-state index in [2.05, 4.69) is 6.92 Å². The van der Waals surface area contributed by atoms with Crippen LogP contribution in [0.4, 0.5) is 0 Å². The van der Waals surface area contributed by atoms with Crippen LogP contribution in [0.5, 0.6) is 0 Å². The van der Waals surface area contributed by atoms with Crippen LogP contribution < -0.4 is 0 Å². The van der Waals surface area contributed by atoms with Crippen molar-refractivity contribution in [3.05, 3.63) is 0 Å². The number of ether oxygens (including phenoxy) is 2. The van der Waals surface area contributed by atoms with Crippen molar-refractivity contribution >= 4 is 11.9 Å². The quantitative estimate of drug-likeness (QED) is 0.665. The van der Waals surface area contributed by atoms with Crippen LogP contribution >= 0.6 is 0 Å². The van der Waals surface area contributed by atoms with E-state index in [0.717, 1.165) is 19.3 Å². The van der Waals surface area contributed by atoms with Gasteiger partial charge in [0, 0.05) is 26.7 Å². The number of hydrogen-bond acceptors (Lipinski definition) is 4. The largest absolute Gasteiger partial charge is 0.480 e. The van der Waals surface area contributed by atoms with Crippen LogP contribution in [-0.2, 0) is 19.1 Å². The first kappa shape index (κ1) is 15.9. The topological polar surface area (TPSA) is 76.1 Å². The number of carbonyl (C=O) groups is 2. The Kier molecular flexibility index (Phi) is 6.80. The molecule has 6 nitrogen and oxygen atoms in total. The van der Waals surface area contributed by atoms with Gasteiger partial charge in [0.05, 0.1) is 6.10 Å². The van der Waals surface area contributed by atoms with Gasteiger partial charge in [0.2, 0.25) is 5.91 Å². The molecule has 0 aromatic rings. The lowest BCUT2D eigenvalue weighted by Gasteiger charge is -2.21. The zero-order valence-electron chi connectivity index (χ0n) is 11.6. The smallest absolute Gasteiger partial charge is 0.326 e. The van der Waals surface area contributed by atoms with E-state index in [4.69, 9.17) is 14.6 Å². The maximum absolute atomic E-state index is 11.9. The molecule has 1 N–H and O–H groups in total. The number of carbonyl (C=O) groups excluding carboxylic acids is 1. The fraction of sp³-hybridized carbons (Fsp3) is 0.846. The van der Waals surface area contributed by atoms with Gasteiger partial charge >= 0.3 is 5.97 Å². The monoisotopic (exact) mass is 273 g/mol. The van der Waals surface area contributed by atoms with Gasteiger partial charge in [0.25, 0.3) is 0 Å². The summed E-state index contributed by atoms with van der Waals surface area (Å²) in [6.07, 6.45) is 3.23. The molecule has 0 aromatic heterocycles. The van der Waals surface area contributed by atoms with E-state index in [1.807, 2.05) is 0 Å². The Morgan fingerprint density at radius 1 is 1.37 bits per heavy atom. The number of methoxy groups -OCH3 is 1. The van der Waals surface area contributed by atoms with E-state index in [1.165, 1.54) is 12.0 Å². The van der Waals surface area contributed by atoms with Gasteiger partial charge in [-0.2, -0.15) is 0 Å².